The quantitative estimate of drug-likeness (QED) is 0.916. The molecule has 1 aliphatic carbocycles. The number of nitrogens with zero attached hydrogens (tertiary/aromatic N) is 3. The van der Waals surface area contributed by atoms with Crippen LogP contribution in [0.5, 0.6) is 0 Å². The highest BCUT2D eigenvalue weighted by molar-refractivity contribution is 5.78. The van der Waals surface area contributed by atoms with Crippen LogP contribution in [0.25, 0.3) is 0 Å². The summed E-state index contributed by atoms with van der Waals surface area (Å²) in [6.45, 7) is 3.90. The van der Waals surface area contributed by atoms with Gasteiger partial charge >= 0.3 is 0 Å². The summed E-state index contributed by atoms with van der Waals surface area (Å²) < 4.78 is 5.26. The lowest BCUT2D eigenvalue weighted by Gasteiger charge is -2.16. The third-order valence-corrected chi connectivity index (χ3v) is 4.42. The van der Waals surface area contributed by atoms with E-state index in [-0.39, 0.29) is 11.9 Å². The Morgan fingerprint density at radius 3 is 2.70 bits per heavy atom. The summed E-state index contributed by atoms with van der Waals surface area (Å²) in [6.07, 6.45) is 2.27. The maximum absolute atomic E-state index is 12.2. The molecular weight excluding hydrogens is 292 g/mol. The largest absolute Gasteiger partial charge is 0.343 e. The van der Waals surface area contributed by atoms with Crippen molar-refractivity contribution < 1.29 is 9.32 Å². The first-order chi connectivity index (χ1) is 11.2. The smallest absolute Gasteiger partial charge is 0.248 e. The third kappa shape index (κ3) is 3.12. The highest BCUT2D eigenvalue weighted by Gasteiger charge is 2.30. The van der Waals surface area contributed by atoms with Gasteiger partial charge in [-0.05, 0) is 30.9 Å². The summed E-state index contributed by atoms with van der Waals surface area (Å²) in [7, 11) is 0. The van der Waals surface area contributed by atoms with Crippen LogP contribution in [0.4, 0.5) is 0 Å². The van der Waals surface area contributed by atoms with E-state index in [1.807, 2.05) is 19.1 Å². The zero-order valence-electron chi connectivity index (χ0n) is 13.2. The summed E-state index contributed by atoms with van der Waals surface area (Å²) in [6, 6.07) is 8.06. The van der Waals surface area contributed by atoms with Crippen molar-refractivity contribution >= 4 is 5.91 Å². The number of carbonyl (C=O) groups excluding carboxylic acids is 1. The lowest BCUT2D eigenvalue weighted by atomic mass is 10.1. The lowest BCUT2D eigenvalue weighted by molar-refractivity contribution is -0.123. The second-order valence-electron chi connectivity index (χ2n) is 6.47. The van der Waals surface area contributed by atoms with Crippen molar-refractivity contribution in [2.75, 3.05) is 6.54 Å². The van der Waals surface area contributed by atoms with Gasteiger partial charge in [0.05, 0.1) is 6.54 Å². The van der Waals surface area contributed by atoms with Crippen molar-refractivity contribution in [2.45, 2.75) is 44.8 Å². The van der Waals surface area contributed by atoms with Gasteiger partial charge in [-0.25, -0.2) is 0 Å². The van der Waals surface area contributed by atoms with Crippen molar-refractivity contribution in [3.05, 3.63) is 47.1 Å². The number of hydrogen-bond donors (Lipinski definition) is 1. The second-order valence-corrected chi connectivity index (χ2v) is 6.47. The van der Waals surface area contributed by atoms with E-state index in [1.54, 1.807) is 0 Å². The van der Waals surface area contributed by atoms with Gasteiger partial charge in [0, 0.05) is 19.0 Å². The molecule has 0 saturated heterocycles. The minimum atomic E-state index is -0.257. The Kier molecular flexibility index (Phi) is 3.61. The number of carbonyl (C=O) groups is 1. The molecule has 0 unspecified atom stereocenters. The average Bonchev–Trinajstić information content (AvgIpc) is 3.11. The molecule has 2 aliphatic rings. The molecule has 1 aromatic heterocycles. The van der Waals surface area contributed by atoms with E-state index >= 15 is 0 Å². The normalized spacial score (nSPS) is 18.7. The summed E-state index contributed by atoms with van der Waals surface area (Å²) in [5.74, 6) is 1.70. The van der Waals surface area contributed by atoms with Gasteiger partial charge < -0.3 is 9.84 Å². The Hall–Kier alpha value is -2.21. The van der Waals surface area contributed by atoms with Gasteiger partial charge in [0.15, 0.2) is 5.82 Å². The predicted molar refractivity (Wildman–Crippen MR) is 83.4 cm³/mol. The maximum atomic E-state index is 12.2. The number of nitrogens with one attached hydrogen (secondary N) is 1. The first-order valence-corrected chi connectivity index (χ1v) is 8.11. The topological polar surface area (TPSA) is 71.3 Å². The molecule has 0 radical (unpaired) electrons. The number of benzene rings is 1. The molecule has 0 bridgehead atoms. The highest BCUT2D eigenvalue weighted by Crippen LogP contribution is 2.38. The van der Waals surface area contributed by atoms with Crippen LogP contribution in [-0.2, 0) is 17.9 Å². The second kappa shape index (κ2) is 5.77. The van der Waals surface area contributed by atoms with E-state index in [4.69, 9.17) is 4.52 Å². The zero-order chi connectivity index (χ0) is 15.8. The van der Waals surface area contributed by atoms with Crippen LogP contribution in [-0.4, -0.2) is 27.5 Å². The van der Waals surface area contributed by atoms with Gasteiger partial charge in [0.2, 0.25) is 11.8 Å². The molecular formula is C17H20N4O2. The molecule has 1 atom stereocenters. The number of aromatic nitrogens is 2. The molecule has 120 valence electrons. The van der Waals surface area contributed by atoms with Crippen LogP contribution in [0.1, 0.15) is 54.6 Å². The Morgan fingerprint density at radius 1 is 1.35 bits per heavy atom. The first-order valence-electron chi connectivity index (χ1n) is 8.11. The minimum absolute atomic E-state index is 0.0171. The highest BCUT2D eigenvalue weighted by atomic mass is 16.5. The number of fused-ring (bicyclic) bond motifs is 1. The van der Waals surface area contributed by atoms with Gasteiger partial charge in [-0.2, -0.15) is 4.98 Å². The van der Waals surface area contributed by atoms with Gasteiger partial charge in [-0.15, -0.1) is 0 Å². The van der Waals surface area contributed by atoms with Gasteiger partial charge in [-0.1, -0.05) is 29.4 Å². The Labute approximate surface area is 134 Å². The third-order valence-electron chi connectivity index (χ3n) is 4.42. The Balaban J connectivity index is 1.31. The lowest BCUT2D eigenvalue weighted by Crippen LogP contribution is -2.36. The summed E-state index contributed by atoms with van der Waals surface area (Å²) >= 11 is 0. The molecule has 23 heavy (non-hydrogen) atoms. The van der Waals surface area contributed by atoms with Crippen LogP contribution in [0, 0.1) is 0 Å². The van der Waals surface area contributed by atoms with E-state index in [0.29, 0.717) is 18.4 Å². The molecule has 1 saturated carbocycles. The average molecular weight is 312 g/mol. The number of rotatable bonds is 5. The fourth-order valence-corrected chi connectivity index (χ4v) is 3.00. The molecule has 6 nitrogen and oxygen atoms in total. The van der Waals surface area contributed by atoms with Crippen molar-refractivity contribution in [2.24, 2.45) is 0 Å². The fraction of sp³-hybridized carbons (Fsp3) is 0.471. The Morgan fingerprint density at radius 2 is 2.04 bits per heavy atom. The van der Waals surface area contributed by atoms with Gasteiger partial charge in [0.25, 0.3) is 0 Å². The van der Waals surface area contributed by atoms with Crippen molar-refractivity contribution in [1.29, 1.82) is 0 Å². The standard InChI is InChI=1S/C17H20N4O2/c1-11(17-19-16(20-23-17)12-6-7-12)18-15(22)10-21-8-13-4-2-3-5-14(13)9-21/h2-5,11-12H,6-10H2,1H3,(H,18,22)/t11-/m1/s1. The minimum Gasteiger partial charge on any atom is -0.343 e. The molecule has 1 fully saturated rings. The van der Waals surface area contributed by atoms with Gasteiger partial charge in [0.1, 0.15) is 6.04 Å². The number of hydrogen-bond acceptors (Lipinski definition) is 5. The zero-order valence-corrected chi connectivity index (χ0v) is 13.2. The molecule has 1 amide bonds. The molecule has 0 spiro atoms. The van der Waals surface area contributed by atoms with Crippen molar-refractivity contribution in [3.8, 4) is 0 Å². The molecule has 1 aliphatic heterocycles. The van der Waals surface area contributed by atoms with Crippen LogP contribution < -0.4 is 5.32 Å². The molecule has 2 heterocycles. The van der Waals surface area contributed by atoms with Crippen molar-refractivity contribution in [3.63, 3.8) is 0 Å². The van der Waals surface area contributed by atoms with Crippen LogP contribution in [0.2, 0.25) is 0 Å². The van der Waals surface area contributed by atoms with E-state index in [0.717, 1.165) is 31.8 Å². The molecule has 2 aromatic rings. The number of amides is 1. The molecule has 1 aromatic carbocycles. The first kappa shape index (κ1) is 14.4. The van der Waals surface area contributed by atoms with E-state index < -0.39 is 0 Å². The predicted octanol–water partition coefficient (Wildman–Crippen LogP) is 2.14. The maximum Gasteiger partial charge on any atom is 0.248 e. The SMILES string of the molecule is C[C@@H](NC(=O)CN1Cc2ccccc2C1)c1nc(C2CC2)no1. The monoisotopic (exact) mass is 312 g/mol. The van der Waals surface area contributed by atoms with E-state index in [1.165, 1.54) is 11.1 Å². The molecule has 6 heteroatoms. The summed E-state index contributed by atoms with van der Waals surface area (Å²) in [5, 5.41) is 6.93. The summed E-state index contributed by atoms with van der Waals surface area (Å²) in [5.41, 5.74) is 2.61. The Bertz CT molecular complexity index is 698. The summed E-state index contributed by atoms with van der Waals surface area (Å²) in [4.78, 5) is 18.8. The van der Waals surface area contributed by atoms with Gasteiger partial charge in [-0.3, -0.25) is 9.69 Å². The van der Waals surface area contributed by atoms with Crippen LogP contribution in [0.15, 0.2) is 28.8 Å². The molecule has 4 rings (SSSR count). The molecule has 1 N–H and O–H groups in total. The van der Waals surface area contributed by atoms with E-state index in [2.05, 4.69) is 32.5 Å². The fourth-order valence-electron chi connectivity index (χ4n) is 3.00. The van der Waals surface area contributed by atoms with E-state index in [9.17, 15) is 4.79 Å². The van der Waals surface area contributed by atoms with Crippen molar-refractivity contribution in [1.82, 2.24) is 20.4 Å². The van der Waals surface area contributed by atoms with Crippen LogP contribution >= 0.6 is 0 Å². The van der Waals surface area contributed by atoms with Crippen LogP contribution in [0.3, 0.4) is 0 Å².